The second kappa shape index (κ2) is 5.20. The Labute approximate surface area is 132 Å². The first-order valence-electron chi connectivity index (χ1n) is 7.17. The highest BCUT2D eigenvalue weighted by Gasteiger charge is 2.24. The molecular weight excluding hydrogens is 288 g/mol. The van der Waals surface area contributed by atoms with Crippen LogP contribution >= 0.6 is 0 Å². The van der Waals surface area contributed by atoms with Gasteiger partial charge in [0.1, 0.15) is 0 Å². The normalized spacial score (nSPS) is 15.8. The molecule has 1 aliphatic heterocycles. The van der Waals surface area contributed by atoms with Crippen LogP contribution in [0.25, 0.3) is 5.69 Å². The van der Waals surface area contributed by atoms with Crippen LogP contribution in [0.4, 0.5) is 0 Å². The van der Waals surface area contributed by atoms with E-state index in [-0.39, 0.29) is 0 Å². The minimum absolute atomic E-state index is 0.460. The lowest BCUT2D eigenvalue weighted by molar-refractivity contribution is 0.177. The standard InChI is InChI=1S/C18H12N4O/c19-11-12-6-7-15-14(10-12)16(13-4-2-1-3-5-13)21-18(23)17-20-8-9-22(15)17/h1-10,18,23H. The number of rotatable bonds is 1. The molecule has 0 fully saturated rings. The Bertz CT molecular complexity index is 951. The zero-order chi connectivity index (χ0) is 15.8. The molecule has 4 rings (SSSR count). The first kappa shape index (κ1) is 13.4. The summed E-state index contributed by atoms with van der Waals surface area (Å²) in [6, 6.07) is 17.2. The van der Waals surface area contributed by atoms with Gasteiger partial charge in [0, 0.05) is 23.5 Å². The second-order valence-corrected chi connectivity index (χ2v) is 5.22. The smallest absolute Gasteiger partial charge is 0.205 e. The molecule has 1 aromatic heterocycles. The highest BCUT2D eigenvalue weighted by atomic mass is 16.3. The van der Waals surface area contributed by atoms with Crippen molar-refractivity contribution >= 4 is 5.71 Å². The summed E-state index contributed by atoms with van der Waals surface area (Å²) in [6.07, 6.45) is 2.36. The minimum Gasteiger partial charge on any atom is -0.365 e. The third-order valence-electron chi connectivity index (χ3n) is 3.84. The topological polar surface area (TPSA) is 74.2 Å². The van der Waals surface area contributed by atoms with E-state index in [9.17, 15) is 10.4 Å². The average Bonchev–Trinajstić information content (AvgIpc) is 3.05. The maximum atomic E-state index is 10.4. The van der Waals surface area contributed by atoms with Gasteiger partial charge in [-0.05, 0) is 18.2 Å². The summed E-state index contributed by atoms with van der Waals surface area (Å²) in [4.78, 5) is 8.66. The molecule has 0 amide bonds. The van der Waals surface area contributed by atoms with Crippen LogP contribution in [0.2, 0.25) is 0 Å². The highest BCUT2D eigenvalue weighted by Crippen LogP contribution is 2.29. The zero-order valence-corrected chi connectivity index (χ0v) is 12.1. The van der Waals surface area contributed by atoms with E-state index in [1.807, 2.05) is 36.4 Å². The summed E-state index contributed by atoms with van der Waals surface area (Å²) in [6.45, 7) is 0. The molecule has 0 bridgehead atoms. The summed E-state index contributed by atoms with van der Waals surface area (Å²) < 4.78 is 1.81. The van der Waals surface area contributed by atoms with Gasteiger partial charge < -0.3 is 5.11 Å². The molecule has 0 saturated carbocycles. The number of aliphatic hydroxyl groups excluding tert-OH is 1. The summed E-state index contributed by atoms with van der Waals surface area (Å²) >= 11 is 0. The molecule has 1 N–H and O–H groups in total. The molecule has 110 valence electrons. The van der Waals surface area contributed by atoms with Gasteiger partial charge in [0.25, 0.3) is 0 Å². The predicted molar refractivity (Wildman–Crippen MR) is 85.3 cm³/mol. The second-order valence-electron chi connectivity index (χ2n) is 5.22. The van der Waals surface area contributed by atoms with Gasteiger partial charge >= 0.3 is 0 Å². The average molecular weight is 300 g/mol. The van der Waals surface area contributed by atoms with Crippen molar-refractivity contribution in [1.82, 2.24) is 9.55 Å². The molecule has 5 nitrogen and oxygen atoms in total. The molecule has 0 radical (unpaired) electrons. The van der Waals surface area contributed by atoms with Crippen LogP contribution in [0.1, 0.15) is 28.7 Å². The number of aromatic nitrogens is 2. The van der Waals surface area contributed by atoms with Gasteiger partial charge in [0.05, 0.1) is 23.0 Å². The van der Waals surface area contributed by atoms with E-state index in [0.717, 1.165) is 16.8 Å². The van der Waals surface area contributed by atoms with E-state index in [1.54, 1.807) is 29.1 Å². The lowest BCUT2D eigenvalue weighted by atomic mass is 9.98. The van der Waals surface area contributed by atoms with E-state index in [1.165, 1.54) is 0 Å². The molecule has 2 aromatic carbocycles. The van der Waals surface area contributed by atoms with Crippen LogP contribution in [0.3, 0.4) is 0 Å². The monoisotopic (exact) mass is 300 g/mol. The SMILES string of the molecule is N#Cc1ccc2c(c1)C(c1ccccc1)=NC(O)c1nccn1-2. The highest BCUT2D eigenvalue weighted by molar-refractivity contribution is 6.15. The van der Waals surface area contributed by atoms with Gasteiger partial charge in [0.2, 0.25) is 6.23 Å². The number of hydrogen-bond acceptors (Lipinski definition) is 4. The lowest BCUT2D eigenvalue weighted by Gasteiger charge is -2.11. The lowest BCUT2D eigenvalue weighted by Crippen LogP contribution is -2.07. The molecule has 1 aliphatic rings. The predicted octanol–water partition coefficient (Wildman–Crippen LogP) is 2.59. The number of aliphatic hydroxyl groups is 1. The van der Waals surface area contributed by atoms with Gasteiger partial charge in [-0.15, -0.1) is 0 Å². The first-order valence-corrected chi connectivity index (χ1v) is 7.17. The fraction of sp³-hybridized carbons (Fsp3) is 0.0556. The van der Waals surface area contributed by atoms with E-state index in [2.05, 4.69) is 16.0 Å². The molecular formula is C18H12N4O. The number of imidazole rings is 1. The van der Waals surface area contributed by atoms with Crippen molar-refractivity contribution in [2.75, 3.05) is 0 Å². The number of nitrogens with zero attached hydrogens (tertiary/aromatic N) is 4. The van der Waals surface area contributed by atoms with Crippen molar-refractivity contribution < 1.29 is 5.11 Å². The Hall–Kier alpha value is -3.23. The number of aliphatic imine (C=N–C) groups is 1. The number of fused-ring (bicyclic) bond motifs is 3. The third kappa shape index (κ3) is 2.13. The van der Waals surface area contributed by atoms with Crippen molar-refractivity contribution in [2.45, 2.75) is 6.23 Å². The Morgan fingerprint density at radius 3 is 2.74 bits per heavy atom. The largest absolute Gasteiger partial charge is 0.365 e. The summed E-state index contributed by atoms with van der Waals surface area (Å²) in [5, 5.41) is 19.6. The molecule has 5 heteroatoms. The van der Waals surface area contributed by atoms with Crippen LogP contribution in [0.15, 0.2) is 65.9 Å². The summed E-state index contributed by atoms with van der Waals surface area (Å²) in [5.41, 5.74) is 3.72. The molecule has 0 saturated heterocycles. The summed E-state index contributed by atoms with van der Waals surface area (Å²) in [7, 11) is 0. The summed E-state index contributed by atoms with van der Waals surface area (Å²) in [5.74, 6) is 0.460. The van der Waals surface area contributed by atoms with Crippen molar-refractivity contribution in [3.05, 3.63) is 83.4 Å². The van der Waals surface area contributed by atoms with E-state index < -0.39 is 6.23 Å². The Morgan fingerprint density at radius 2 is 1.96 bits per heavy atom. The third-order valence-corrected chi connectivity index (χ3v) is 3.84. The van der Waals surface area contributed by atoms with Gasteiger partial charge in [-0.25, -0.2) is 9.98 Å². The minimum atomic E-state index is -1.06. The van der Waals surface area contributed by atoms with Crippen LogP contribution in [-0.4, -0.2) is 20.4 Å². The fourth-order valence-electron chi connectivity index (χ4n) is 2.79. The first-order chi connectivity index (χ1) is 11.3. The molecule has 1 atom stereocenters. The molecule has 23 heavy (non-hydrogen) atoms. The number of benzene rings is 2. The number of hydrogen-bond donors (Lipinski definition) is 1. The fourth-order valence-corrected chi connectivity index (χ4v) is 2.79. The van der Waals surface area contributed by atoms with Gasteiger partial charge in [-0.2, -0.15) is 5.26 Å². The van der Waals surface area contributed by atoms with Crippen molar-refractivity contribution in [3.8, 4) is 11.8 Å². The van der Waals surface area contributed by atoms with Gasteiger partial charge in [0.15, 0.2) is 5.82 Å². The quantitative estimate of drug-likeness (QED) is 0.750. The number of nitriles is 1. The molecule has 1 unspecified atom stereocenters. The van der Waals surface area contributed by atoms with Crippen LogP contribution < -0.4 is 0 Å². The Balaban J connectivity index is 2.04. The van der Waals surface area contributed by atoms with Crippen molar-refractivity contribution in [1.29, 1.82) is 5.26 Å². The van der Waals surface area contributed by atoms with Crippen LogP contribution in [0.5, 0.6) is 0 Å². The van der Waals surface area contributed by atoms with Gasteiger partial charge in [-0.3, -0.25) is 4.57 Å². The molecule has 3 aromatic rings. The molecule has 0 aliphatic carbocycles. The molecule has 0 spiro atoms. The van der Waals surface area contributed by atoms with Gasteiger partial charge in [-0.1, -0.05) is 30.3 Å². The van der Waals surface area contributed by atoms with E-state index >= 15 is 0 Å². The Kier molecular flexibility index (Phi) is 3.04. The maximum absolute atomic E-state index is 10.4. The van der Waals surface area contributed by atoms with Crippen LogP contribution in [-0.2, 0) is 0 Å². The molecule has 2 heterocycles. The maximum Gasteiger partial charge on any atom is 0.205 e. The van der Waals surface area contributed by atoms with Crippen molar-refractivity contribution in [3.63, 3.8) is 0 Å². The Morgan fingerprint density at radius 1 is 1.13 bits per heavy atom. The van der Waals surface area contributed by atoms with Crippen LogP contribution in [0, 0.1) is 11.3 Å². The van der Waals surface area contributed by atoms with E-state index in [4.69, 9.17) is 0 Å². The van der Waals surface area contributed by atoms with Crippen molar-refractivity contribution in [2.24, 2.45) is 4.99 Å². The zero-order valence-electron chi connectivity index (χ0n) is 12.1. The van der Waals surface area contributed by atoms with E-state index in [0.29, 0.717) is 17.1 Å².